The van der Waals surface area contributed by atoms with E-state index in [1.807, 2.05) is 13.0 Å². The monoisotopic (exact) mass is 434 g/mol. The highest BCUT2D eigenvalue weighted by Crippen LogP contribution is 2.38. The lowest BCUT2D eigenvalue weighted by molar-refractivity contribution is -0.188. The standard InChI is InChI=1S/C21H17F7O2/c1-2-3-11-4-7-17(29-10-11)13-5-6-14(19(25)18(13)24)21(27,28)30-12-8-15(22)20(26)16(23)9-12/h4-6,8-9,17H,2-3,7,10H2,1H3. The Bertz CT molecular complexity index is 949. The summed E-state index contributed by atoms with van der Waals surface area (Å²) < 4.78 is 107. The molecule has 9 heteroatoms. The Morgan fingerprint density at radius 2 is 1.67 bits per heavy atom. The Morgan fingerprint density at radius 1 is 1.00 bits per heavy atom. The van der Waals surface area contributed by atoms with Gasteiger partial charge in [-0.2, -0.15) is 8.78 Å². The van der Waals surface area contributed by atoms with Gasteiger partial charge in [-0.25, -0.2) is 22.0 Å². The number of alkyl halides is 2. The van der Waals surface area contributed by atoms with Crippen LogP contribution < -0.4 is 4.74 Å². The number of ether oxygens (including phenoxy) is 2. The van der Waals surface area contributed by atoms with Crippen LogP contribution in [0.5, 0.6) is 5.75 Å². The molecule has 1 heterocycles. The zero-order valence-electron chi connectivity index (χ0n) is 15.8. The number of halogens is 7. The van der Waals surface area contributed by atoms with Crippen LogP contribution in [0.3, 0.4) is 0 Å². The van der Waals surface area contributed by atoms with Crippen molar-refractivity contribution < 1.29 is 40.2 Å². The minimum absolute atomic E-state index is 0.172. The van der Waals surface area contributed by atoms with Gasteiger partial charge in [0.2, 0.25) is 0 Å². The predicted molar refractivity (Wildman–Crippen MR) is 93.5 cm³/mol. The van der Waals surface area contributed by atoms with Crippen molar-refractivity contribution in [1.29, 1.82) is 0 Å². The Kier molecular flexibility index (Phi) is 6.40. The molecule has 0 saturated heterocycles. The third-order valence-corrected chi connectivity index (χ3v) is 4.64. The molecule has 0 saturated carbocycles. The van der Waals surface area contributed by atoms with Gasteiger partial charge in [-0.05, 0) is 24.5 Å². The SMILES string of the molecule is CCCC1=CCC(c2ccc(C(F)(F)Oc3cc(F)c(F)c(F)c3)c(F)c2F)OC1. The zero-order chi connectivity index (χ0) is 22.1. The number of benzene rings is 2. The predicted octanol–water partition coefficient (Wildman–Crippen LogP) is 6.70. The summed E-state index contributed by atoms with van der Waals surface area (Å²) in [5.74, 6) is -9.93. The first-order valence-corrected chi connectivity index (χ1v) is 9.13. The average molecular weight is 434 g/mol. The van der Waals surface area contributed by atoms with Gasteiger partial charge in [-0.3, -0.25) is 0 Å². The van der Waals surface area contributed by atoms with Crippen LogP contribution in [0.1, 0.15) is 43.4 Å². The molecular weight excluding hydrogens is 417 g/mol. The van der Waals surface area contributed by atoms with Crippen molar-refractivity contribution in [3.63, 3.8) is 0 Å². The van der Waals surface area contributed by atoms with Crippen molar-refractivity contribution in [2.24, 2.45) is 0 Å². The molecule has 162 valence electrons. The summed E-state index contributed by atoms with van der Waals surface area (Å²) in [5, 5.41) is 0. The van der Waals surface area contributed by atoms with E-state index in [2.05, 4.69) is 4.74 Å². The summed E-state index contributed by atoms with van der Waals surface area (Å²) >= 11 is 0. The Balaban J connectivity index is 1.86. The molecule has 2 aromatic carbocycles. The first-order chi connectivity index (χ1) is 14.1. The molecule has 1 aliphatic heterocycles. The molecule has 0 N–H and O–H groups in total. The number of hydrogen-bond acceptors (Lipinski definition) is 2. The summed E-state index contributed by atoms with van der Waals surface area (Å²) in [6.45, 7) is 2.21. The van der Waals surface area contributed by atoms with Gasteiger partial charge in [-0.15, -0.1) is 0 Å². The van der Waals surface area contributed by atoms with Gasteiger partial charge in [0, 0.05) is 17.7 Å². The fourth-order valence-electron chi connectivity index (χ4n) is 3.15. The molecule has 0 spiro atoms. The molecule has 1 aliphatic rings. The molecule has 0 radical (unpaired) electrons. The smallest absolute Gasteiger partial charge is 0.429 e. The molecule has 30 heavy (non-hydrogen) atoms. The summed E-state index contributed by atoms with van der Waals surface area (Å²) in [6.07, 6.45) is -1.53. The summed E-state index contributed by atoms with van der Waals surface area (Å²) in [4.78, 5) is 0. The van der Waals surface area contributed by atoms with Crippen molar-refractivity contribution in [2.75, 3.05) is 6.61 Å². The van der Waals surface area contributed by atoms with Crippen molar-refractivity contribution in [3.05, 3.63) is 76.1 Å². The maximum atomic E-state index is 14.5. The van der Waals surface area contributed by atoms with E-state index in [0.717, 1.165) is 24.5 Å². The largest absolute Gasteiger partial charge is 0.429 e. The van der Waals surface area contributed by atoms with Gasteiger partial charge in [0.15, 0.2) is 29.1 Å². The lowest BCUT2D eigenvalue weighted by Crippen LogP contribution is -2.25. The van der Waals surface area contributed by atoms with Crippen molar-refractivity contribution in [3.8, 4) is 5.75 Å². The van der Waals surface area contributed by atoms with E-state index >= 15 is 0 Å². The molecule has 1 unspecified atom stereocenters. The van der Waals surface area contributed by atoms with Gasteiger partial charge in [0.25, 0.3) is 0 Å². The molecule has 3 rings (SSSR count). The van der Waals surface area contributed by atoms with Crippen LogP contribution in [0.2, 0.25) is 0 Å². The van der Waals surface area contributed by atoms with E-state index in [9.17, 15) is 30.7 Å². The maximum absolute atomic E-state index is 14.5. The molecule has 0 bridgehead atoms. The van der Waals surface area contributed by atoms with Crippen LogP contribution in [-0.2, 0) is 10.8 Å². The fourth-order valence-corrected chi connectivity index (χ4v) is 3.15. The second kappa shape index (κ2) is 8.67. The van der Waals surface area contributed by atoms with E-state index < -0.39 is 52.6 Å². The van der Waals surface area contributed by atoms with Gasteiger partial charge in [0.05, 0.1) is 12.7 Å². The minimum Gasteiger partial charge on any atom is -0.429 e. The highest BCUT2D eigenvalue weighted by Gasteiger charge is 2.40. The molecular formula is C21H17F7O2. The number of rotatable bonds is 6. The number of hydrogen-bond donors (Lipinski definition) is 0. The van der Waals surface area contributed by atoms with E-state index in [-0.39, 0.29) is 30.7 Å². The molecule has 2 aromatic rings. The van der Waals surface area contributed by atoms with E-state index in [1.54, 1.807) is 0 Å². The second-order valence-electron chi connectivity index (χ2n) is 6.80. The summed E-state index contributed by atoms with van der Waals surface area (Å²) in [5.41, 5.74) is -0.699. The van der Waals surface area contributed by atoms with Crippen molar-refractivity contribution >= 4 is 0 Å². The lowest BCUT2D eigenvalue weighted by Gasteiger charge is -2.25. The molecule has 1 atom stereocenters. The molecule has 0 aromatic heterocycles. The normalized spacial score (nSPS) is 17.1. The molecule has 2 nitrogen and oxygen atoms in total. The highest BCUT2D eigenvalue weighted by molar-refractivity contribution is 5.33. The van der Waals surface area contributed by atoms with Gasteiger partial charge in [-0.1, -0.05) is 25.5 Å². The average Bonchev–Trinajstić information content (AvgIpc) is 2.68. The van der Waals surface area contributed by atoms with Gasteiger partial charge in [0.1, 0.15) is 11.3 Å². The van der Waals surface area contributed by atoms with Crippen LogP contribution in [0.4, 0.5) is 30.7 Å². The van der Waals surface area contributed by atoms with Crippen LogP contribution in [0.25, 0.3) is 0 Å². The molecule has 0 fully saturated rings. The van der Waals surface area contributed by atoms with Crippen LogP contribution >= 0.6 is 0 Å². The van der Waals surface area contributed by atoms with Crippen molar-refractivity contribution in [2.45, 2.75) is 38.4 Å². The summed E-state index contributed by atoms with van der Waals surface area (Å²) in [7, 11) is 0. The van der Waals surface area contributed by atoms with Crippen LogP contribution in [0.15, 0.2) is 35.9 Å². The topological polar surface area (TPSA) is 18.5 Å². The Hall–Kier alpha value is -2.55. The lowest BCUT2D eigenvalue weighted by atomic mass is 9.98. The Morgan fingerprint density at radius 3 is 2.23 bits per heavy atom. The van der Waals surface area contributed by atoms with Crippen LogP contribution in [-0.4, -0.2) is 6.61 Å². The summed E-state index contributed by atoms with van der Waals surface area (Å²) in [6, 6.07) is 1.90. The molecule has 0 aliphatic carbocycles. The third kappa shape index (κ3) is 4.45. The first-order valence-electron chi connectivity index (χ1n) is 9.13. The highest BCUT2D eigenvalue weighted by atomic mass is 19.3. The third-order valence-electron chi connectivity index (χ3n) is 4.64. The first kappa shape index (κ1) is 22.1. The second-order valence-corrected chi connectivity index (χ2v) is 6.80. The van der Waals surface area contributed by atoms with Gasteiger partial charge < -0.3 is 9.47 Å². The van der Waals surface area contributed by atoms with E-state index in [1.165, 1.54) is 0 Å². The fraction of sp³-hybridized carbons (Fsp3) is 0.333. The Labute approximate surface area is 167 Å². The quantitative estimate of drug-likeness (QED) is 0.286. The van der Waals surface area contributed by atoms with E-state index in [4.69, 9.17) is 4.74 Å². The minimum atomic E-state index is -4.48. The molecule has 0 amide bonds. The van der Waals surface area contributed by atoms with Crippen molar-refractivity contribution in [1.82, 2.24) is 0 Å². The van der Waals surface area contributed by atoms with Gasteiger partial charge >= 0.3 is 6.11 Å². The maximum Gasteiger partial charge on any atom is 0.429 e. The zero-order valence-corrected chi connectivity index (χ0v) is 15.8. The van der Waals surface area contributed by atoms with Crippen LogP contribution in [0, 0.1) is 29.1 Å². The van der Waals surface area contributed by atoms with E-state index in [0.29, 0.717) is 6.07 Å².